The normalized spacial score (nSPS) is 18.6. The zero-order chi connectivity index (χ0) is 24.1. The smallest absolute Gasteiger partial charge is 0.253 e. The molecule has 2 aromatic carbocycles. The van der Waals surface area contributed by atoms with E-state index in [1.807, 2.05) is 47.4 Å². The molecule has 182 valence electrons. The molecule has 2 heterocycles. The second-order valence-electron chi connectivity index (χ2n) is 10.9. The predicted molar refractivity (Wildman–Crippen MR) is 137 cm³/mol. The third kappa shape index (κ3) is 6.06. The molecule has 0 saturated carbocycles. The molecule has 0 atom stereocenters. The second kappa shape index (κ2) is 10.7. The van der Waals surface area contributed by atoms with Crippen molar-refractivity contribution in [2.24, 2.45) is 5.92 Å². The number of likely N-dealkylation sites (tertiary alicyclic amines) is 2. The zero-order valence-electron chi connectivity index (χ0n) is 20.9. The minimum atomic E-state index is 0.0932. The van der Waals surface area contributed by atoms with E-state index in [1.54, 1.807) is 0 Å². The summed E-state index contributed by atoms with van der Waals surface area (Å²) in [6, 6.07) is 18.7. The van der Waals surface area contributed by atoms with Gasteiger partial charge in [-0.1, -0.05) is 63.2 Å². The maximum Gasteiger partial charge on any atom is 0.253 e. The fourth-order valence-electron chi connectivity index (χ4n) is 5.19. The number of nitrogens with one attached hydrogen (secondary N) is 1. The van der Waals surface area contributed by atoms with E-state index >= 15 is 0 Å². The molecule has 2 aromatic rings. The number of hydrogen-bond donors (Lipinski definition) is 1. The molecule has 0 aromatic heterocycles. The number of nitrogens with zero attached hydrogens (tertiary/aromatic N) is 2. The lowest BCUT2D eigenvalue weighted by Crippen LogP contribution is -2.50. The topological polar surface area (TPSA) is 52.7 Å². The van der Waals surface area contributed by atoms with Gasteiger partial charge in [0.1, 0.15) is 0 Å². The number of hydrogen-bond acceptors (Lipinski definition) is 3. The lowest BCUT2D eigenvalue weighted by molar-refractivity contribution is -0.126. The van der Waals surface area contributed by atoms with E-state index in [0.717, 1.165) is 63.0 Å². The second-order valence-corrected chi connectivity index (χ2v) is 10.9. The van der Waals surface area contributed by atoms with E-state index < -0.39 is 0 Å². The van der Waals surface area contributed by atoms with Crippen LogP contribution in [0.3, 0.4) is 0 Å². The molecule has 2 fully saturated rings. The summed E-state index contributed by atoms with van der Waals surface area (Å²) in [5, 5.41) is 3.11. The maximum absolute atomic E-state index is 13.0. The van der Waals surface area contributed by atoms with Gasteiger partial charge in [0.05, 0.1) is 0 Å². The van der Waals surface area contributed by atoms with Gasteiger partial charge in [0, 0.05) is 37.2 Å². The van der Waals surface area contributed by atoms with Gasteiger partial charge >= 0.3 is 0 Å². The first-order valence-corrected chi connectivity index (χ1v) is 12.8. The minimum Gasteiger partial charge on any atom is -0.352 e. The molecular formula is C29H39N3O2. The summed E-state index contributed by atoms with van der Waals surface area (Å²) < 4.78 is 0. The minimum absolute atomic E-state index is 0.0932. The zero-order valence-corrected chi connectivity index (χ0v) is 20.9. The number of carbonyl (C=O) groups excluding carboxylic acids is 2. The summed E-state index contributed by atoms with van der Waals surface area (Å²) in [6.45, 7) is 10.7. The summed E-state index contributed by atoms with van der Waals surface area (Å²) in [5.74, 6) is 0.437. The average molecular weight is 462 g/mol. The number of amides is 2. The Hall–Kier alpha value is -2.66. The van der Waals surface area contributed by atoms with Crippen molar-refractivity contribution in [3.63, 3.8) is 0 Å². The van der Waals surface area contributed by atoms with Gasteiger partial charge in [-0.15, -0.1) is 0 Å². The van der Waals surface area contributed by atoms with Crippen molar-refractivity contribution in [1.82, 2.24) is 15.1 Å². The van der Waals surface area contributed by atoms with Crippen LogP contribution >= 0.6 is 0 Å². The highest BCUT2D eigenvalue weighted by atomic mass is 16.2. The van der Waals surface area contributed by atoms with Gasteiger partial charge in [-0.25, -0.2) is 0 Å². The van der Waals surface area contributed by atoms with Gasteiger partial charge < -0.3 is 15.1 Å². The van der Waals surface area contributed by atoms with Crippen LogP contribution in [-0.2, 0) is 16.8 Å². The molecule has 4 rings (SSSR count). The Kier molecular flexibility index (Phi) is 7.72. The van der Waals surface area contributed by atoms with Gasteiger partial charge in [0.25, 0.3) is 5.91 Å². The highest BCUT2D eigenvalue weighted by Crippen LogP contribution is 2.26. The Morgan fingerprint density at radius 1 is 0.853 bits per heavy atom. The van der Waals surface area contributed by atoms with Crippen LogP contribution in [0.5, 0.6) is 0 Å². The van der Waals surface area contributed by atoms with Crippen molar-refractivity contribution in [3.05, 3.63) is 71.3 Å². The Bertz CT molecular complexity index is 949. The van der Waals surface area contributed by atoms with Gasteiger partial charge in [-0.3, -0.25) is 9.59 Å². The maximum atomic E-state index is 13.0. The Balaban J connectivity index is 1.20. The number of rotatable bonds is 5. The lowest BCUT2D eigenvalue weighted by atomic mass is 9.86. The summed E-state index contributed by atoms with van der Waals surface area (Å²) in [6.07, 6.45) is 3.85. The highest BCUT2D eigenvalue weighted by Gasteiger charge is 2.32. The number of benzene rings is 2. The van der Waals surface area contributed by atoms with Crippen LogP contribution in [0.2, 0.25) is 0 Å². The van der Waals surface area contributed by atoms with Crippen LogP contribution in [-0.4, -0.2) is 53.8 Å². The van der Waals surface area contributed by atoms with E-state index in [1.165, 1.54) is 5.56 Å². The van der Waals surface area contributed by atoms with Crippen LogP contribution in [0.1, 0.15) is 67.9 Å². The fourth-order valence-corrected chi connectivity index (χ4v) is 5.19. The molecule has 2 aliphatic rings. The first kappa shape index (κ1) is 24.5. The summed E-state index contributed by atoms with van der Waals surface area (Å²) in [4.78, 5) is 30.2. The van der Waals surface area contributed by atoms with Crippen LogP contribution in [0.15, 0.2) is 54.6 Å². The highest BCUT2D eigenvalue weighted by molar-refractivity contribution is 5.94. The van der Waals surface area contributed by atoms with Crippen molar-refractivity contribution in [2.75, 3.05) is 26.2 Å². The molecule has 5 heteroatoms. The number of carbonyl (C=O) groups is 2. The average Bonchev–Trinajstić information content (AvgIpc) is 2.87. The van der Waals surface area contributed by atoms with Crippen molar-refractivity contribution in [2.45, 2.75) is 64.5 Å². The lowest BCUT2D eigenvalue weighted by Gasteiger charge is -2.41. The fraction of sp³-hybridized carbons (Fsp3) is 0.517. The van der Waals surface area contributed by atoms with Gasteiger partial charge in [-0.2, -0.15) is 0 Å². The van der Waals surface area contributed by atoms with Crippen LogP contribution < -0.4 is 5.32 Å². The summed E-state index contributed by atoms with van der Waals surface area (Å²) in [5.41, 5.74) is 3.27. The predicted octanol–water partition coefficient (Wildman–Crippen LogP) is 4.62. The molecule has 0 bridgehead atoms. The largest absolute Gasteiger partial charge is 0.352 e. The monoisotopic (exact) mass is 461 g/mol. The van der Waals surface area contributed by atoms with Gasteiger partial charge in [-0.05, 0) is 67.4 Å². The summed E-state index contributed by atoms with van der Waals surface area (Å²) >= 11 is 0. The van der Waals surface area contributed by atoms with Crippen molar-refractivity contribution in [1.29, 1.82) is 0 Å². The molecule has 2 aliphatic heterocycles. The van der Waals surface area contributed by atoms with Gasteiger partial charge in [0.2, 0.25) is 5.91 Å². The van der Waals surface area contributed by atoms with E-state index in [2.05, 4.69) is 43.1 Å². The Labute approximate surface area is 204 Å². The van der Waals surface area contributed by atoms with Gasteiger partial charge in [0.15, 0.2) is 0 Å². The van der Waals surface area contributed by atoms with Crippen LogP contribution in [0.4, 0.5) is 0 Å². The standard InChI is InChI=1S/C29H39N3O2/c1-29(2,3)25-11-9-24(10-12-25)28(34)32-19-15-26(16-20-32)31-17-13-23(14-18-31)27(33)30-21-22-7-5-4-6-8-22/h4-12,23,26H,13-21H2,1-3H3,(H,30,33). The summed E-state index contributed by atoms with van der Waals surface area (Å²) in [7, 11) is 0. The molecule has 0 spiro atoms. The Morgan fingerprint density at radius 3 is 2.06 bits per heavy atom. The first-order valence-electron chi connectivity index (χ1n) is 12.8. The molecule has 0 unspecified atom stereocenters. The molecule has 0 aliphatic carbocycles. The van der Waals surface area contributed by atoms with E-state index in [0.29, 0.717) is 12.6 Å². The molecule has 34 heavy (non-hydrogen) atoms. The molecule has 0 radical (unpaired) electrons. The molecular weight excluding hydrogens is 422 g/mol. The van der Waals surface area contributed by atoms with Crippen molar-refractivity contribution >= 4 is 11.8 Å². The molecule has 5 nitrogen and oxygen atoms in total. The molecule has 2 saturated heterocycles. The number of piperidine rings is 2. The van der Waals surface area contributed by atoms with Crippen LogP contribution in [0, 0.1) is 5.92 Å². The quantitative estimate of drug-likeness (QED) is 0.707. The molecule has 1 N–H and O–H groups in total. The van der Waals surface area contributed by atoms with E-state index in [4.69, 9.17) is 0 Å². The van der Waals surface area contributed by atoms with E-state index in [9.17, 15) is 9.59 Å². The SMILES string of the molecule is CC(C)(C)c1ccc(C(=O)N2CCC(N3CCC(C(=O)NCc4ccccc4)CC3)CC2)cc1. The Morgan fingerprint density at radius 2 is 1.47 bits per heavy atom. The third-order valence-electron chi connectivity index (χ3n) is 7.48. The van der Waals surface area contributed by atoms with Crippen molar-refractivity contribution < 1.29 is 9.59 Å². The third-order valence-corrected chi connectivity index (χ3v) is 7.48. The van der Waals surface area contributed by atoms with E-state index in [-0.39, 0.29) is 23.1 Å². The van der Waals surface area contributed by atoms with Crippen molar-refractivity contribution in [3.8, 4) is 0 Å². The van der Waals surface area contributed by atoms with Crippen LogP contribution in [0.25, 0.3) is 0 Å². The molecule has 2 amide bonds. The first-order chi connectivity index (χ1) is 16.3.